The van der Waals surface area contributed by atoms with Gasteiger partial charge < -0.3 is 15.0 Å². The van der Waals surface area contributed by atoms with Crippen LogP contribution in [0.3, 0.4) is 0 Å². The number of hydrogen-bond donors (Lipinski definition) is 2. The number of amides is 1. The molecule has 0 fully saturated rings. The zero-order valence-corrected chi connectivity index (χ0v) is 12.0. The van der Waals surface area contributed by atoms with Gasteiger partial charge in [0, 0.05) is 17.6 Å². The Morgan fingerprint density at radius 2 is 2.25 bits per heavy atom. The Labute approximate surface area is 120 Å². The molecule has 0 spiro atoms. The number of thiazole rings is 1. The summed E-state index contributed by atoms with van der Waals surface area (Å²) in [6.45, 7) is 4.22. The topological polar surface area (TPSA) is 84.2 Å². The van der Waals surface area contributed by atoms with Crippen LogP contribution in [-0.2, 0) is 6.54 Å². The van der Waals surface area contributed by atoms with E-state index in [1.807, 2.05) is 30.7 Å². The first-order valence-corrected chi connectivity index (χ1v) is 6.99. The molecule has 2 aromatic rings. The number of hydrogen-bond acceptors (Lipinski definition) is 4. The van der Waals surface area contributed by atoms with Gasteiger partial charge >= 0.3 is 5.97 Å². The van der Waals surface area contributed by atoms with Crippen LogP contribution in [0, 0.1) is 0 Å². The van der Waals surface area contributed by atoms with Crippen molar-refractivity contribution in [2.45, 2.75) is 26.4 Å². The molecular weight excluding hydrogens is 278 g/mol. The first-order chi connectivity index (χ1) is 9.49. The summed E-state index contributed by atoms with van der Waals surface area (Å²) in [5.41, 5.74) is 0.583. The fraction of sp³-hybridized carbons (Fsp3) is 0.308. The summed E-state index contributed by atoms with van der Waals surface area (Å²) in [5.74, 6) is -1.26. The minimum absolute atomic E-state index is 0.00445. The molecule has 6 nitrogen and oxygen atoms in total. The summed E-state index contributed by atoms with van der Waals surface area (Å²) in [7, 11) is 0. The van der Waals surface area contributed by atoms with Crippen LogP contribution in [0.5, 0.6) is 0 Å². The molecule has 20 heavy (non-hydrogen) atoms. The zero-order valence-electron chi connectivity index (χ0n) is 11.2. The Morgan fingerprint density at radius 3 is 2.85 bits per heavy atom. The maximum absolute atomic E-state index is 12.1. The average Bonchev–Trinajstić information content (AvgIpc) is 3.04. The second-order valence-electron chi connectivity index (χ2n) is 4.51. The molecule has 0 aromatic carbocycles. The van der Waals surface area contributed by atoms with E-state index in [1.54, 1.807) is 6.07 Å². The highest BCUT2D eigenvalue weighted by Crippen LogP contribution is 2.12. The van der Waals surface area contributed by atoms with Crippen LogP contribution < -0.4 is 5.32 Å². The number of carboxylic acids is 1. The molecule has 0 unspecified atom stereocenters. The third-order valence-electron chi connectivity index (χ3n) is 2.74. The van der Waals surface area contributed by atoms with Crippen molar-refractivity contribution in [1.29, 1.82) is 0 Å². The number of rotatable bonds is 5. The summed E-state index contributed by atoms with van der Waals surface area (Å²) in [6, 6.07) is 3.77. The van der Waals surface area contributed by atoms with E-state index in [0.29, 0.717) is 10.7 Å². The van der Waals surface area contributed by atoms with Gasteiger partial charge in [-0.2, -0.15) is 0 Å². The molecule has 7 heteroatoms. The molecule has 0 saturated carbocycles. The lowest BCUT2D eigenvalue weighted by Crippen LogP contribution is -2.25. The van der Waals surface area contributed by atoms with E-state index in [4.69, 9.17) is 5.11 Å². The van der Waals surface area contributed by atoms with Gasteiger partial charge in [0.15, 0.2) is 5.69 Å². The van der Waals surface area contributed by atoms with Crippen molar-refractivity contribution in [2.24, 2.45) is 0 Å². The quantitative estimate of drug-likeness (QED) is 0.884. The average molecular weight is 293 g/mol. The van der Waals surface area contributed by atoms with Gasteiger partial charge in [-0.05, 0) is 26.0 Å². The Balaban J connectivity index is 2.01. The van der Waals surface area contributed by atoms with Crippen molar-refractivity contribution in [3.05, 3.63) is 40.1 Å². The van der Waals surface area contributed by atoms with E-state index in [2.05, 4.69) is 10.3 Å². The van der Waals surface area contributed by atoms with Crippen molar-refractivity contribution in [1.82, 2.24) is 14.9 Å². The monoisotopic (exact) mass is 293 g/mol. The summed E-state index contributed by atoms with van der Waals surface area (Å²) in [5, 5.41) is 13.5. The molecule has 2 rings (SSSR count). The standard InChI is InChI=1S/C13H15N3O3S/c1-8(2)16-5-3-4-10(16)12(17)14-6-11-15-9(7-20-11)13(18)19/h3-5,7-8H,6H2,1-2H3,(H,14,17)(H,18,19). The van der Waals surface area contributed by atoms with E-state index in [1.165, 1.54) is 16.7 Å². The number of nitrogens with zero attached hydrogens (tertiary/aromatic N) is 2. The second-order valence-corrected chi connectivity index (χ2v) is 5.45. The lowest BCUT2D eigenvalue weighted by atomic mass is 10.3. The largest absolute Gasteiger partial charge is 0.476 e. The Kier molecular flexibility index (Phi) is 4.19. The van der Waals surface area contributed by atoms with Gasteiger partial charge in [-0.3, -0.25) is 4.79 Å². The first-order valence-electron chi connectivity index (χ1n) is 6.11. The molecule has 0 aliphatic heterocycles. The summed E-state index contributed by atoms with van der Waals surface area (Å²) in [6.07, 6.45) is 1.85. The Morgan fingerprint density at radius 1 is 1.50 bits per heavy atom. The van der Waals surface area contributed by atoms with Crippen LogP contribution in [0.25, 0.3) is 0 Å². The lowest BCUT2D eigenvalue weighted by Gasteiger charge is -2.12. The van der Waals surface area contributed by atoms with E-state index in [-0.39, 0.29) is 24.2 Å². The molecule has 0 aliphatic carbocycles. The fourth-order valence-electron chi connectivity index (χ4n) is 1.77. The number of carbonyl (C=O) groups excluding carboxylic acids is 1. The highest BCUT2D eigenvalue weighted by molar-refractivity contribution is 7.09. The molecule has 2 heterocycles. The first kappa shape index (κ1) is 14.3. The van der Waals surface area contributed by atoms with E-state index in [9.17, 15) is 9.59 Å². The number of nitrogens with one attached hydrogen (secondary N) is 1. The van der Waals surface area contributed by atoms with Crippen LogP contribution in [-0.4, -0.2) is 26.5 Å². The molecule has 2 N–H and O–H groups in total. The number of carbonyl (C=O) groups is 2. The van der Waals surface area contributed by atoms with Crippen LogP contribution >= 0.6 is 11.3 Å². The van der Waals surface area contributed by atoms with Gasteiger partial charge in [-0.1, -0.05) is 0 Å². The molecule has 0 aliphatic rings. The third-order valence-corrected chi connectivity index (χ3v) is 3.59. The van der Waals surface area contributed by atoms with Gasteiger partial charge in [-0.15, -0.1) is 11.3 Å². The summed E-state index contributed by atoms with van der Waals surface area (Å²) < 4.78 is 1.87. The smallest absolute Gasteiger partial charge is 0.355 e. The SMILES string of the molecule is CC(C)n1cccc1C(=O)NCc1nc(C(=O)O)cs1. The van der Waals surface area contributed by atoms with Gasteiger partial charge in [0.25, 0.3) is 5.91 Å². The van der Waals surface area contributed by atoms with Crippen molar-refractivity contribution < 1.29 is 14.7 Å². The predicted octanol–water partition coefficient (Wildman–Crippen LogP) is 2.15. The van der Waals surface area contributed by atoms with Crippen LogP contribution in [0.4, 0.5) is 0 Å². The van der Waals surface area contributed by atoms with Crippen molar-refractivity contribution >= 4 is 23.2 Å². The molecule has 0 bridgehead atoms. The van der Waals surface area contributed by atoms with Gasteiger partial charge in [0.2, 0.25) is 0 Å². The summed E-state index contributed by atoms with van der Waals surface area (Å²) >= 11 is 1.21. The van der Waals surface area contributed by atoms with Crippen LogP contribution in [0.15, 0.2) is 23.7 Å². The third kappa shape index (κ3) is 3.05. The van der Waals surface area contributed by atoms with Crippen LogP contribution in [0.1, 0.15) is 45.9 Å². The van der Waals surface area contributed by atoms with Crippen molar-refractivity contribution in [2.75, 3.05) is 0 Å². The molecule has 0 saturated heterocycles. The van der Waals surface area contributed by atoms with Crippen molar-refractivity contribution in [3.8, 4) is 0 Å². The predicted molar refractivity (Wildman–Crippen MR) is 75.1 cm³/mol. The highest BCUT2D eigenvalue weighted by atomic mass is 32.1. The molecule has 1 amide bonds. The molecule has 2 aromatic heterocycles. The number of carboxylic acid groups (broad SMARTS) is 1. The summed E-state index contributed by atoms with van der Waals surface area (Å²) in [4.78, 5) is 26.7. The minimum atomic E-state index is -1.06. The van der Waals surface area contributed by atoms with Gasteiger partial charge in [0.1, 0.15) is 10.7 Å². The lowest BCUT2D eigenvalue weighted by molar-refractivity contribution is 0.0691. The van der Waals surface area contributed by atoms with Crippen LogP contribution in [0.2, 0.25) is 0 Å². The van der Waals surface area contributed by atoms with E-state index < -0.39 is 5.97 Å². The van der Waals surface area contributed by atoms with Gasteiger partial charge in [-0.25, -0.2) is 9.78 Å². The van der Waals surface area contributed by atoms with E-state index >= 15 is 0 Å². The maximum atomic E-state index is 12.1. The minimum Gasteiger partial charge on any atom is -0.476 e. The second kappa shape index (κ2) is 5.87. The number of aromatic carboxylic acids is 1. The highest BCUT2D eigenvalue weighted by Gasteiger charge is 2.14. The maximum Gasteiger partial charge on any atom is 0.355 e. The van der Waals surface area contributed by atoms with Gasteiger partial charge in [0.05, 0.1) is 6.54 Å². The normalized spacial score (nSPS) is 10.8. The molecule has 0 radical (unpaired) electrons. The Hall–Kier alpha value is -2.15. The molecule has 0 atom stereocenters. The number of aromatic nitrogens is 2. The van der Waals surface area contributed by atoms with E-state index in [0.717, 1.165) is 0 Å². The molecular formula is C13H15N3O3S. The zero-order chi connectivity index (χ0) is 14.7. The molecule has 106 valence electrons. The Bertz CT molecular complexity index is 630. The fourth-order valence-corrected chi connectivity index (χ4v) is 2.48. The van der Waals surface area contributed by atoms with Crippen molar-refractivity contribution in [3.63, 3.8) is 0 Å².